The number of nitrogens with zero attached hydrogens (tertiary/aromatic N) is 1. The number of para-hydroxylation sites is 1. The predicted octanol–water partition coefficient (Wildman–Crippen LogP) is 3.93. The highest BCUT2D eigenvalue weighted by molar-refractivity contribution is 5.87. The molecule has 2 aromatic rings. The summed E-state index contributed by atoms with van der Waals surface area (Å²) in [6, 6.07) is 14.9. The van der Waals surface area contributed by atoms with Crippen LogP contribution in [0.3, 0.4) is 0 Å². The van der Waals surface area contributed by atoms with Gasteiger partial charge >= 0.3 is 0 Å². The number of ether oxygens (including phenoxy) is 1. The minimum absolute atomic E-state index is 0.0394. The topological polar surface area (TPSA) is 58.6 Å². The largest absolute Gasteiger partial charge is 0.494 e. The van der Waals surface area contributed by atoms with Crippen molar-refractivity contribution in [3.63, 3.8) is 0 Å². The molecule has 0 aromatic heterocycles. The minimum atomic E-state index is -0.709. The Hall–Kier alpha value is -2.89. The van der Waals surface area contributed by atoms with Crippen LogP contribution in [0.5, 0.6) is 5.75 Å². The molecule has 0 heterocycles. The summed E-state index contributed by atoms with van der Waals surface area (Å²) in [5.41, 5.74) is 0.380. The third kappa shape index (κ3) is 7.22. The normalized spacial score (nSPS) is 11.8. The molecule has 0 aliphatic heterocycles. The lowest BCUT2D eigenvalue weighted by Crippen LogP contribution is -2.49. The number of hydrogen-bond acceptors (Lipinski definition) is 3. The Morgan fingerprint density at radius 1 is 1.03 bits per heavy atom. The zero-order valence-corrected chi connectivity index (χ0v) is 17.2. The fraction of sp³-hybridized carbons (Fsp3) is 0.391. The highest BCUT2D eigenvalue weighted by Crippen LogP contribution is 2.15. The van der Waals surface area contributed by atoms with E-state index in [1.54, 1.807) is 25.1 Å². The number of benzene rings is 2. The van der Waals surface area contributed by atoms with Crippen molar-refractivity contribution >= 4 is 11.8 Å². The van der Waals surface area contributed by atoms with E-state index in [2.05, 4.69) is 5.32 Å². The molecule has 0 spiro atoms. The molecule has 0 saturated carbocycles. The summed E-state index contributed by atoms with van der Waals surface area (Å²) in [5.74, 6) is -0.122. The number of carbonyl (C=O) groups excluding carboxylic acids is 2. The maximum atomic E-state index is 14.1. The van der Waals surface area contributed by atoms with E-state index < -0.39 is 11.9 Å². The number of carbonyl (C=O) groups is 2. The molecule has 2 amide bonds. The van der Waals surface area contributed by atoms with Gasteiger partial charge in [0.1, 0.15) is 17.6 Å². The standard InChI is InChI=1S/C23H29FN2O3/c1-17(2)25-23(28)18(3)26(16-19-10-7-8-13-21(19)24)22(27)14-9-15-29-20-11-5-4-6-12-20/h4-8,10-13,17-18H,9,14-16H2,1-3H3,(H,25,28)/t18-/m1/s1. The van der Waals surface area contributed by atoms with E-state index in [1.807, 2.05) is 44.2 Å². The molecular weight excluding hydrogens is 371 g/mol. The van der Waals surface area contributed by atoms with Gasteiger partial charge in [0.25, 0.3) is 0 Å². The van der Waals surface area contributed by atoms with E-state index in [0.717, 1.165) is 5.75 Å². The third-order valence-corrected chi connectivity index (χ3v) is 4.44. The summed E-state index contributed by atoms with van der Waals surface area (Å²) in [6.45, 7) is 5.80. The van der Waals surface area contributed by atoms with Gasteiger partial charge < -0.3 is 15.0 Å². The Kier molecular flexibility index (Phi) is 8.65. The number of hydrogen-bond donors (Lipinski definition) is 1. The van der Waals surface area contributed by atoms with Gasteiger partial charge in [-0.2, -0.15) is 0 Å². The van der Waals surface area contributed by atoms with Gasteiger partial charge in [-0.3, -0.25) is 9.59 Å². The average Bonchev–Trinajstić information content (AvgIpc) is 2.70. The van der Waals surface area contributed by atoms with Gasteiger partial charge in [0.15, 0.2) is 0 Å². The van der Waals surface area contributed by atoms with Crippen molar-refractivity contribution in [2.45, 2.75) is 52.2 Å². The van der Waals surface area contributed by atoms with Crippen LogP contribution in [0.15, 0.2) is 54.6 Å². The van der Waals surface area contributed by atoms with Gasteiger partial charge in [0.05, 0.1) is 6.61 Å². The van der Waals surface area contributed by atoms with E-state index in [4.69, 9.17) is 4.74 Å². The van der Waals surface area contributed by atoms with Crippen LogP contribution in [0.1, 0.15) is 39.2 Å². The van der Waals surface area contributed by atoms with Gasteiger partial charge in [0.2, 0.25) is 11.8 Å². The SMILES string of the molecule is CC(C)NC(=O)[C@@H](C)N(Cc1ccccc1F)C(=O)CCCOc1ccccc1. The van der Waals surface area contributed by atoms with Crippen LogP contribution in [0.25, 0.3) is 0 Å². The van der Waals surface area contributed by atoms with E-state index in [9.17, 15) is 14.0 Å². The third-order valence-electron chi connectivity index (χ3n) is 4.44. The Morgan fingerprint density at radius 2 is 1.69 bits per heavy atom. The van der Waals surface area contributed by atoms with Crippen LogP contribution in [0, 0.1) is 5.82 Å². The second-order valence-corrected chi connectivity index (χ2v) is 7.22. The molecular formula is C23H29FN2O3. The molecule has 0 unspecified atom stereocenters. The highest BCUT2D eigenvalue weighted by atomic mass is 19.1. The lowest BCUT2D eigenvalue weighted by molar-refractivity contribution is -0.141. The lowest BCUT2D eigenvalue weighted by Gasteiger charge is -2.29. The Bertz CT molecular complexity index is 796. The lowest BCUT2D eigenvalue weighted by atomic mass is 10.1. The Balaban J connectivity index is 2.01. The van der Waals surface area contributed by atoms with Crippen molar-refractivity contribution in [1.29, 1.82) is 0 Å². The van der Waals surface area contributed by atoms with E-state index in [-0.39, 0.29) is 30.8 Å². The van der Waals surface area contributed by atoms with Crippen LogP contribution in [-0.2, 0) is 16.1 Å². The maximum Gasteiger partial charge on any atom is 0.242 e. The average molecular weight is 400 g/mol. The molecule has 0 saturated heterocycles. The number of amides is 2. The second-order valence-electron chi connectivity index (χ2n) is 7.22. The Morgan fingerprint density at radius 3 is 2.34 bits per heavy atom. The van der Waals surface area contributed by atoms with Gasteiger partial charge in [-0.05, 0) is 45.4 Å². The van der Waals surface area contributed by atoms with Gasteiger partial charge in [-0.15, -0.1) is 0 Å². The first-order valence-corrected chi connectivity index (χ1v) is 9.89. The number of halogens is 1. The zero-order chi connectivity index (χ0) is 21.2. The first-order chi connectivity index (χ1) is 13.9. The van der Waals surface area contributed by atoms with Gasteiger partial charge in [0, 0.05) is 24.6 Å². The quantitative estimate of drug-likeness (QED) is 0.615. The molecule has 1 atom stereocenters. The molecule has 2 aromatic carbocycles. The van der Waals surface area contributed by atoms with Gasteiger partial charge in [-0.25, -0.2) is 4.39 Å². The Labute approximate surface area is 171 Å². The fourth-order valence-electron chi connectivity index (χ4n) is 2.87. The molecule has 0 fully saturated rings. The van der Waals surface area contributed by atoms with Crippen molar-refractivity contribution in [1.82, 2.24) is 10.2 Å². The predicted molar refractivity (Wildman–Crippen MR) is 111 cm³/mol. The van der Waals surface area contributed by atoms with Crippen molar-refractivity contribution in [3.05, 3.63) is 66.0 Å². The van der Waals surface area contributed by atoms with Crippen molar-refractivity contribution in [2.24, 2.45) is 0 Å². The van der Waals surface area contributed by atoms with Crippen molar-refractivity contribution < 1.29 is 18.7 Å². The zero-order valence-electron chi connectivity index (χ0n) is 17.2. The number of rotatable bonds is 10. The van der Waals surface area contributed by atoms with Crippen LogP contribution in [0.4, 0.5) is 4.39 Å². The van der Waals surface area contributed by atoms with Crippen LogP contribution < -0.4 is 10.1 Å². The van der Waals surface area contributed by atoms with E-state index in [0.29, 0.717) is 18.6 Å². The summed E-state index contributed by atoms with van der Waals surface area (Å²) in [6.07, 6.45) is 0.709. The molecule has 0 aliphatic carbocycles. The van der Waals surface area contributed by atoms with Crippen molar-refractivity contribution in [3.8, 4) is 5.75 Å². The molecule has 0 aliphatic rings. The molecule has 5 nitrogen and oxygen atoms in total. The summed E-state index contributed by atoms with van der Waals surface area (Å²) in [7, 11) is 0. The summed E-state index contributed by atoms with van der Waals surface area (Å²) < 4.78 is 19.7. The molecule has 0 bridgehead atoms. The monoisotopic (exact) mass is 400 g/mol. The van der Waals surface area contributed by atoms with Gasteiger partial charge in [-0.1, -0.05) is 36.4 Å². The smallest absolute Gasteiger partial charge is 0.242 e. The number of nitrogens with one attached hydrogen (secondary N) is 1. The minimum Gasteiger partial charge on any atom is -0.494 e. The first kappa shape index (κ1) is 22.4. The van der Waals surface area contributed by atoms with Crippen LogP contribution in [-0.4, -0.2) is 35.4 Å². The van der Waals surface area contributed by atoms with Crippen LogP contribution in [0.2, 0.25) is 0 Å². The van der Waals surface area contributed by atoms with E-state index >= 15 is 0 Å². The molecule has 1 N–H and O–H groups in total. The second kappa shape index (κ2) is 11.2. The molecule has 29 heavy (non-hydrogen) atoms. The molecule has 0 radical (unpaired) electrons. The van der Waals surface area contributed by atoms with Crippen LogP contribution >= 0.6 is 0 Å². The van der Waals surface area contributed by atoms with E-state index in [1.165, 1.54) is 11.0 Å². The summed E-state index contributed by atoms with van der Waals surface area (Å²) in [4.78, 5) is 26.8. The molecule has 156 valence electrons. The summed E-state index contributed by atoms with van der Waals surface area (Å²) in [5, 5.41) is 2.82. The fourth-order valence-corrected chi connectivity index (χ4v) is 2.87. The molecule has 6 heteroatoms. The molecule has 2 rings (SSSR count). The van der Waals surface area contributed by atoms with Crippen molar-refractivity contribution in [2.75, 3.05) is 6.61 Å². The maximum absolute atomic E-state index is 14.1. The highest BCUT2D eigenvalue weighted by Gasteiger charge is 2.26. The summed E-state index contributed by atoms with van der Waals surface area (Å²) >= 11 is 0. The first-order valence-electron chi connectivity index (χ1n) is 9.89.